The van der Waals surface area contributed by atoms with Gasteiger partial charge >= 0.3 is 6.03 Å². The predicted octanol–water partition coefficient (Wildman–Crippen LogP) is 1.98. The van der Waals surface area contributed by atoms with Gasteiger partial charge in [-0.15, -0.1) is 0 Å². The average molecular weight is 196 g/mol. The SMILES string of the molecule is CC(NC(=O)N1CCCC1)C1CCC1. The highest BCUT2D eigenvalue weighted by atomic mass is 16.2. The summed E-state index contributed by atoms with van der Waals surface area (Å²) in [6.45, 7) is 4.03. The molecule has 0 bridgehead atoms. The first-order valence-corrected chi connectivity index (χ1v) is 5.83. The van der Waals surface area contributed by atoms with Crippen molar-refractivity contribution in [3.05, 3.63) is 0 Å². The maximum Gasteiger partial charge on any atom is 0.317 e. The molecular weight excluding hydrogens is 176 g/mol. The number of nitrogens with zero attached hydrogens (tertiary/aromatic N) is 1. The van der Waals surface area contributed by atoms with Crippen molar-refractivity contribution in [3.8, 4) is 0 Å². The zero-order chi connectivity index (χ0) is 9.97. The van der Waals surface area contributed by atoms with Crippen molar-refractivity contribution in [1.29, 1.82) is 0 Å². The minimum absolute atomic E-state index is 0.155. The number of carbonyl (C=O) groups is 1. The molecule has 1 atom stereocenters. The van der Waals surface area contributed by atoms with Crippen molar-refractivity contribution in [2.24, 2.45) is 5.92 Å². The Morgan fingerprint density at radius 3 is 2.43 bits per heavy atom. The van der Waals surface area contributed by atoms with Crippen LogP contribution in [0.1, 0.15) is 39.0 Å². The van der Waals surface area contributed by atoms with Gasteiger partial charge in [-0.25, -0.2) is 4.79 Å². The van der Waals surface area contributed by atoms with Gasteiger partial charge in [0.1, 0.15) is 0 Å². The van der Waals surface area contributed by atoms with Crippen LogP contribution >= 0.6 is 0 Å². The number of urea groups is 1. The van der Waals surface area contributed by atoms with Crippen LogP contribution in [0.25, 0.3) is 0 Å². The van der Waals surface area contributed by atoms with E-state index in [1.165, 1.54) is 32.1 Å². The van der Waals surface area contributed by atoms with Crippen molar-refractivity contribution in [2.45, 2.75) is 45.1 Å². The van der Waals surface area contributed by atoms with Gasteiger partial charge < -0.3 is 10.2 Å². The molecule has 3 heteroatoms. The van der Waals surface area contributed by atoms with Gasteiger partial charge in [0.2, 0.25) is 0 Å². The molecule has 14 heavy (non-hydrogen) atoms. The van der Waals surface area contributed by atoms with E-state index in [9.17, 15) is 4.79 Å². The molecule has 1 saturated heterocycles. The summed E-state index contributed by atoms with van der Waals surface area (Å²) in [5, 5.41) is 3.11. The monoisotopic (exact) mass is 196 g/mol. The molecule has 2 aliphatic rings. The third-order valence-electron chi connectivity index (χ3n) is 3.60. The molecule has 1 unspecified atom stereocenters. The van der Waals surface area contributed by atoms with E-state index in [1.807, 2.05) is 4.90 Å². The molecule has 1 heterocycles. The van der Waals surface area contributed by atoms with E-state index in [0.29, 0.717) is 6.04 Å². The molecule has 1 aliphatic carbocycles. The van der Waals surface area contributed by atoms with Gasteiger partial charge in [-0.1, -0.05) is 6.42 Å². The lowest BCUT2D eigenvalue weighted by atomic mass is 9.80. The van der Waals surface area contributed by atoms with Crippen molar-refractivity contribution >= 4 is 6.03 Å². The summed E-state index contributed by atoms with van der Waals surface area (Å²) < 4.78 is 0. The molecule has 2 fully saturated rings. The van der Waals surface area contributed by atoms with Gasteiger partial charge in [-0.05, 0) is 38.5 Å². The van der Waals surface area contributed by atoms with Crippen LogP contribution in [0.4, 0.5) is 4.79 Å². The topological polar surface area (TPSA) is 32.3 Å². The van der Waals surface area contributed by atoms with E-state index < -0.39 is 0 Å². The quantitative estimate of drug-likeness (QED) is 0.719. The Kier molecular flexibility index (Phi) is 2.94. The fourth-order valence-electron chi connectivity index (χ4n) is 2.26. The first kappa shape index (κ1) is 9.81. The highest BCUT2D eigenvalue weighted by Crippen LogP contribution is 2.29. The number of hydrogen-bond acceptors (Lipinski definition) is 1. The zero-order valence-corrected chi connectivity index (χ0v) is 8.96. The fourth-order valence-corrected chi connectivity index (χ4v) is 2.26. The van der Waals surface area contributed by atoms with Gasteiger partial charge in [-0.3, -0.25) is 0 Å². The van der Waals surface area contributed by atoms with Crippen molar-refractivity contribution < 1.29 is 4.79 Å². The molecule has 0 radical (unpaired) electrons. The van der Waals surface area contributed by atoms with Crippen LogP contribution < -0.4 is 5.32 Å². The lowest BCUT2D eigenvalue weighted by molar-refractivity contribution is 0.187. The Balaban J connectivity index is 1.75. The zero-order valence-electron chi connectivity index (χ0n) is 8.96. The van der Waals surface area contributed by atoms with Crippen LogP contribution in [0.3, 0.4) is 0 Å². The Morgan fingerprint density at radius 1 is 1.29 bits per heavy atom. The lowest BCUT2D eigenvalue weighted by Crippen LogP contribution is -2.46. The van der Waals surface area contributed by atoms with Crippen LogP contribution in [0.5, 0.6) is 0 Å². The van der Waals surface area contributed by atoms with Gasteiger partial charge in [0, 0.05) is 19.1 Å². The Labute approximate surface area is 85.8 Å². The minimum Gasteiger partial charge on any atom is -0.335 e. The molecule has 1 saturated carbocycles. The summed E-state index contributed by atoms with van der Waals surface area (Å²) in [4.78, 5) is 13.7. The normalized spacial score (nSPS) is 24.5. The van der Waals surface area contributed by atoms with Gasteiger partial charge in [-0.2, -0.15) is 0 Å². The summed E-state index contributed by atoms with van der Waals surface area (Å²) in [6, 6.07) is 0.527. The van der Waals surface area contributed by atoms with Gasteiger partial charge in [0.15, 0.2) is 0 Å². The van der Waals surface area contributed by atoms with E-state index in [-0.39, 0.29) is 6.03 Å². The Hall–Kier alpha value is -0.730. The molecule has 0 spiro atoms. The van der Waals surface area contributed by atoms with Crippen LogP contribution in [0.15, 0.2) is 0 Å². The third kappa shape index (κ3) is 2.02. The van der Waals surface area contributed by atoms with Crippen LogP contribution in [-0.2, 0) is 0 Å². The molecule has 2 amide bonds. The molecule has 1 aliphatic heterocycles. The molecule has 1 N–H and O–H groups in total. The highest BCUT2D eigenvalue weighted by Gasteiger charge is 2.27. The van der Waals surface area contributed by atoms with Crippen molar-refractivity contribution in [3.63, 3.8) is 0 Å². The summed E-state index contributed by atoms with van der Waals surface area (Å²) in [5.74, 6) is 0.738. The van der Waals surface area contributed by atoms with E-state index in [1.54, 1.807) is 0 Å². The van der Waals surface area contributed by atoms with Crippen LogP contribution in [0, 0.1) is 5.92 Å². The predicted molar refractivity (Wildman–Crippen MR) is 56.1 cm³/mol. The average Bonchev–Trinajstić information content (AvgIpc) is 2.51. The number of nitrogens with one attached hydrogen (secondary N) is 1. The molecular formula is C11H20N2O. The summed E-state index contributed by atoms with van der Waals surface area (Å²) in [6.07, 6.45) is 6.27. The maximum absolute atomic E-state index is 11.7. The maximum atomic E-state index is 11.7. The summed E-state index contributed by atoms with van der Waals surface area (Å²) in [7, 11) is 0. The molecule has 0 aromatic rings. The molecule has 2 rings (SSSR count). The van der Waals surface area contributed by atoms with Crippen molar-refractivity contribution in [1.82, 2.24) is 10.2 Å². The van der Waals surface area contributed by atoms with Gasteiger partial charge in [0.25, 0.3) is 0 Å². The summed E-state index contributed by atoms with van der Waals surface area (Å²) >= 11 is 0. The molecule has 3 nitrogen and oxygen atoms in total. The fraction of sp³-hybridized carbons (Fsp3) is 0.909. The Bertz CT molecular complexity index is 207. The number of rotatable bonds is 2. The lowest BCUT2D eigenvalue weighted by Gasteiger charge is -2.33. The second kappa shape index (κ2) is 4.20. The van der Waals surface area contributed by atoms with Crippen molar-refractivity contribution in [2.75, 3.05) is 13.1 Å². The minimum atomic E-state index is 0.155. The highest BCUT2D eigenvalue weighted by molar-refractivity contribution is 5.74. The first-order chi connectivity index (χ1) is 6.77. The second-order valence-corrected chi connectivity index (χ2v) is 4.62. The first-order valence-electron chi connectivity index (χ1n) is 5.83. The Morgan fingerprint density at radius 2 is 1.93 bits per heavy atom. The number of carbonyl (C=O) groups excluding carboxylic acids is 1. The third-order valence-corrected chi connectivity index (χ3v) is 3.60. The number of hydrogen-bond donors (Lipinski definition) is 1. The smallest absolute Gasteiger partial charge is 0.317 e. The second-order valence-electron chi connectivity index (χ2n) is 4.62. The van der Waals surface area contributed by atoms with E-state index in [0.717, 1.165) is 19.0 Å². The van der Waals surface area contributed by atoms with Gasteiger partial charge in [0.05, 0.1) is 0 Å². The molecule has 80 valence electrons. The molecule has 0 aromatic heterocycles. The van der Waals surface area contributed by atoms with E-state index in [4.69, 9.17) is 0 Å². The van der Waals surface area contributed by atoms with Crippen LogP contribution in [-0.4, -0.2) is 30.1 Å². The largest absolute Gasteiger partial charge is 0.335 e. The van der Waals surface area contributed by atoms with Crippen LogP contribution in [0.2, 0.25) is 0 Å². The number of amides is 2. The van der Waals surface area contributed by atoms with E-state index >= 15 is 0 Å². The summed E-state index contributed by atoms with van der Waals surface area (Å²) in [5.41, 5.74) is 0. The van der Waals surface area contributed by atoms with E-state index in [2.05, 4.69) is 12.2 Å². The standard InChI is InChI=1S/C11H20N2O/c1-9(10-5-4-6-10)12-11(14)13-7-2-3-8-13/h9-10H,2-8H2,1H3,(H,12,14). The number of likely N-dealkylation sites (tertiary alicyclic amines) is 1. The molecule has 0 aromatic carbocycles.